The van der Waals surface area contributed by atoms with Crippen molar-refractivity contribution < 1.29 is 0 Å². The van der Waals surface area contributed by atoms with Crippen LogP contribution < -0.4 is 5.32 Å². The Morgan fingerprint density at radius 3 is 2.94 bits per heavy atom. The molecule has 2 heterocycles. The van der Waals surface area contributed by atoms with Crippen LogP contribution in [-0.2, 0) is 13.6 Å². The van der Waals surface area contributed by atoms with Crippen molar-refractivity contribution in [2.75, 3.05) is 5.32 Å². The van der Waals surface area contributed by atoms with Crippen molar-refractivity contribution in [1.29, 1.82) is 5.26 Å². The van der Waals surface area contributed by atoms with Crippen molar-refractivity contribution >= 4 is 5.82 Å². The van der Waals surface area contributed by atoms with Crippen LogP contribution in [0.15, 0.2) is 24.5 Å². The lowest BCUT2D eigenvalue weighted by Gasteiger charge is -2.05. The second-order valence-electron chi connectivity index (χ2n) is 3.85. The molecule has 1 N–H and O–H groups in total. The summed E-state index contributed by atoms with van der Waals surface area (Å²) in [6, 6.07) is 5.82. The van der Waals surface area contributed by atoms with Crippen molar-refractivity contribution in [2.45, 2.75) is 13.5 Å². The van der Waals surface area contributed by atoms with Crippen molar-refractivity contribution in [1.82, 2.24) is 14.8 Å². The van der Waals surface area contributed by atoms with E-state index in [1.165, 1.54) is 0 Å². The third-order valence-electron chi connectivity index (χ3n) is 2.43. The van der Waals surface area contributed by atoms with E-state index in [0.717, 1.165) is 11.1 Å². The molecule has 0 radical (unpaired) electrons. The Bertz CT molecular complexity index is 565. The molecule has 0 amide bonds. The average molecular weight is 227 g/mol. The zero-order valence-corrected chi connectivity index (χ0v) is 9.81. The maximum absolute atomic E-state index is 8.88. The maximum Gasteiger partial charge on any atom is 0.145 e. The van der Waals surface area contributed by atoms with Gasteiger partial charge in [-0.05, 0) is 18.6 Å². The molecule has 86 valence electrons. The fraction of sp³-hybridized carbons (Fsp3) is 0.250. The Morgan fingerprint density at radius 1 is 1.47 bits per heavy atom. The van der Waals surface area contributed by atoms with Crippen LogP contribution >= 0.6 is 0 Å². The Balaban J connectivity index is 2.07. The second kappa shape index (κ2) is 4.66. The van der Waals surface area contributed by atoms with Crippen LogP contribution in [0.25, 0.3) is 0 Å². The Kier molecular flexibility index (Phi) is 3.06. The van der Waals surface area contributed by atoms with Gasteiger partial charge < -0.3 is 5.32 Å². The Morgan fingerprint density at radius 2 is 2.29 bits per heavy atom. The number of aromatic nitrogens is 3. The van der Waals surface area contributed by atoms with Crippen LogP contribution in [0.1, 0.15) is 16.8 Å². The van der Waals surface area contributed by atoms with Gasteiger partial charge in [-0.25, -0.2) is 4.98 Å². The smallest absolute Gasteiger partial charge is 0.145 e. The predicted octanol–water partition coefficient (Wildman–Crippen LogP) is 1.61. The first-order valence-corrected chi connectivity index (χ1v) is 5.28. The predicted molar refractivity (Wildman–Crippen MR) is 64.2 cm³/mol. The van der Waals surface area contributed by atoms with Crippen LogP contribution in [0.5, 0.6) is 0 Å². The normalized spacial score (nSPS) is 9.94. The lowest BCUT2D eigenvalue weighted by atomic mass is 10.2. The largest absolute Gasteiger partial charge is 0.366 e. The van der Waals surface area contributed by atoms with E-state index in [9.17, 15) is 0 Å². The van der Waals surface area contributed by atoms with E-state index >= 15 is 0 Å². The second-order valence-corrected chi connectivity index (χ2v) is 3.85. The molecule has 0 unspecified atom stereocenters. The van der Waals surface area contributed by atoms with Crippen molar-refractivity contribution in [2.24, 2.45) is 7.05 Å². The number of hydrogen-bond donors (Lipinski definition) is 1. The number of nitrogens with zero attached hydrogens (tertiary/aromatic N) is 4. The number of hydrogen-bond acceptors (Lipinski definition) is 4. The first-order valence-electron chi connectivity index (χ1n) is 5.28. The van der Waals surface area contributed by atoms with Gasteiger partial charge in [0.25, 0.3) is 0 Å². The van der Waals surface area contributed by atoms with Gasteiger partial charge in [0, 0.05) is 25.4 Å². The summed E-state index contributed by atoms with van der Waals surface area (Å²) in [5, 5.41) is 16.1. The van der Waals surface area contributed by atoms with Gasteiger partial charge in [0.1, 0.15) is 17.6 Å². The fourth-order valence-electron chi connectivity index (χ4n) is 1.50. The molecule has 0 bridgehead atoms. The van der Waals surface area contributed by atoms with Gasteiger partial charge in [-0.3, -0.25) is 4.68 Å². The highest BCUT2D eigenvalue weighted by molar-refractivity contribution is 5.42. The Labute approximate surface area is 99.7 Å². The molecule has 2 rings (SSSR count). The van der Waals surface area contributed by atoms with Gasteiger partial charge >= 0.3 is 0 Å². The number of pyridine rings is 1. The zero-order chi connectivity index (χ0) is 12.3. The summed E-state index contributed by atoms with van der Waals surface area (Å²) in [4.78, 5) is 4.21. The molecule has 2 aromatic rings. The van der Waals surface area contributed by atoms with E-state index in [1.807, 2.05) is 32.3 Å². The molecule has 0 aromatic carbocycles. The molecule has 0 aliphatic carbocycles. The summed E-state index contributed by atoms with van der Waals surface area (Å²) >= 11 is 0. The minimum Gasteiger partial charge on any atom is -0.366 e. The first-order chi connectivity index (χ1) is 8.19. The topological polar surface area (TPSA) is 66.5 Å². The van der Waals surface area contributed by atoms with Gasteiger partial charge in [-0.15, -0.1) is 0 Å². The number of nitrogens with one attached hydrogen (secondary N) is 1. The van der Waals surface area contributed by atoms with E-state index in [-0.39, 0.29) is 0 Å². The average Bonchev–Trinajstić information content (AvgIpc) is 2.74. The molecule has 0 fully saturated rings. The molecule has 0 aliphatic heterocycles. The van der Waals surface area contributed by atoms with Crippen LogP contribution in [0, 0.1) is 18.3 Å². The molecular weight excluding hydrogens is 214 g/mol. The van der Waals surface area contributed by atoms with Crippen LogP contribution in [0.3, 0.4) is 0 Å². The van der Waals surface area contributed by atoms with E-state index in [1.54, 1.807) is 10.9 Å². The molecule has 0 aliphatic rings. The summed E-state index contributed by atoms with van der Waals surface area (Å²) in [6.07, 6.45) is 3.73. The van der Waals surface area contributed by atoms with Gasteiger partial charge in [-0.2, -0.15) is 10.4 Å². The quantitative estimate of drug-likeness (QED) is 0.865. The highest BCUT2D eigenvalue weighted by atomic mass is 15.2. The highest BCUT2D eigenvalue weighted by Crippen LogP contribution is 2.10. The van der Waals surface area contributed by atoms with Gasteiger partial charge in [0.2, 0.25) is 0 Å². The van der Waals surface area contributed by atoms with Crippen LogP contribution in [-0.4, -0.2) is 14.8 Å². The molecule has 17 heavy (non-hydrogen) atoms. The van der Waals surface area contributed by atoms with Crippen molar-refractivity contribution in [3.8, 4) is 6.07 Å². The molecule has 5 nitrogen and oxygen atoms in total. The van der Waals surface area contributed by atoms with E-state index < -0.39 is 0 Å². The van der Waals surface area contributed by atoms with E-state index in [2.05, 4.69) is 21.5 Å². The van der Waals surface area contributed by atoms with Crippen molar-refractivity contribution in [3.63, 3.8) is 0 Å². The molecule has 0 spiro atoms. The third kappa shape index (κ3) is 2.61. The lowest BCUT2D eigenvalue weighted by Crippen LogP contribution is -2.02. The van der Waals surface area contributed by atoms with Crippen molar-refractivity contribution in [3.05, 3.63) is 41.3 Å². The summed E-state index contributed by atoms with van der Waals surface area (Å²) in [5.74, 6) is 0.705. The number of aryl methyl sites for hydroxylation is 2. The summed E-state index contributed by atoms with van der Waals surface area (Å²) < 4.78 is 1.75. The standard InChI is InChI=1S/C12H13N5/c1-9-3-4-12(16-11(9)5-13)14-6-10-7-15-17(2)8-10/h3-4,7-8H,6H2,1-2H3,(H,14,16). The van der Waals surface area contributed by atoms with E-state index in [4.69, 9.17) is 5.26 Å². The molecule has 0 saturated heterocycles. The van der Waals surface area contributed by atoms with Gasteiger partial charge in [-0.1, -0.05) is 6.07 Å². The first kappa shape index (κ1) is 11.1. The van der Waals surface area contributed by atoms with Gasteiger partial charge in [0.05, 0.1) is 6.20 Å². The monoisotopic (exact) mass is 227 g/mol. The van der Waals surface area contributed by atoms with Crippen LogP contribution in [0.4, 0.5) is 5.82 Å². The molecule has 0 saturated carbocycles. The SMILES string of the molecule is Cc1ccc(NCc2cnn(C)c2)nc1C#N. The summed E-state index contributed by atoms with van der Waals surface area (Å²) in [5.41, 5.74) is 2.42. The van der Waals surface area contributed by atoms with E-state index in [0.29, 0.717) is 18.1 Å². The lowest BCUT2D eigenvalue weighted by molar-refractivity contribution is 0.767. The Hall–Kier alpha value is -2.35. The van der Waals surface area contributed by atoms with Gasteiger partial charge in [0.15, 0.2) is 0 Å². The molecular formula is C12H13N5. The fourth-order valence-corrected chi connectivity index (χ4v) is 1.50. The number of rotatable bonds is 3. The van der Waals surface area contributed by atoms with Crippen LogP contribution in [0.2, 0.25) is 0 Å². The highest BCUT2D eigenvalue weighted by Gasteiger charge is 2.01. The summed E-state index contributed by atoms with van der Waals surface area (Å²) in [7, 11) is 1.88. The number of nitriles is 1. The molecule has 2 aromatic heterocycles. The third-order valence-corrected chi connectivity index (χ3v) is 2.43. The zero-order valence-electron chi connectivity index (χ0n) is 9.81. The number of anilines is 1. The molecule has 0 atom stereocenters. The minimum absolute atomic E-state index is 0.459. The molecule has 5 heteroatoms. The summed E-state index contributed by atoms with van der Waals surface area (Å²) in [6.45, 7) is 2.52. The minimum atomic E-state index is 0.459. The maximum atomic E-state index is 8.88.